The van der Waals surface area contributed by atoms with Gasteiger partial charge in [0.25, 0.3) is 0 Å². The Morgan fingerprint density at radius 1 is 1.20 bits per heavy atom. The Labute approximate surface area is 118 Å². The topological polar surface area (TPSA) is 46.6 Å². The smallest absolute Gasteiger partial charge is 0.159 e. The van der Waals surface area contributed by atoms with E-state index in [2.05, 4.69) is 4.90 Å². The molecule has 1 aromatic carbocycles. The number of Topliss-reactive ketones (excluding diaryl/α,β-unsaturated/α-hetero) is 2. The zero-order valence-corrected chi connectivity index (χ0v) is 11.7. The van der Waals surface area contributed by atoms with Crippen LogP contribution in [0.1, 0.15) is 31.2 Å². The summed E-state index contributed by atoms with van der Waals surface area (Å²) in [6.07, 6.45) is 2.94. The molecule has 4 nitrogen and oxygen atoms in total. The molecule has 0 amide bonds. The molecule has 0 aliphatic carbocycles. The predicted molar refractivity (Wildman–Crippen MR) is 74.6 cm³/mol. The van der Waals surface area contributed by atoms with E-state index in [-0.39, 0.29) is 17.6 Å². The number of ether oxygens (including phenoxy) is 1. The number of benzene rings is 1. The van der Waals surface area contributed by atoms with E-state index in [1.165, 1.54) is 0 Å². The highest BCUT2D eigenvalue weighted by molar-refractivity contribution is 6.08. The summed E-state index contributed by atoms with van der Waals surface area (Å²) in [5.74, 6) is 1.02. The summed E-state index contributed by atoms with van der Waals surface area (Å²) in [7, 11) is 1.64. The van der Waals surface area contributed by atoms with Gasteiger partial charge in [0.2, 0.25) is 0 Å². The van der Waals surface area contributed by atoms with Crippen LogP contribution in [0.15, 0.2) is 24.3 Å². The molecule has 2 aliphatic rings. The highest BCUT2D eigenvalue weighted by Gasteiger charge is 2.45. The second kappa shape index (κ2) is 5.37. The van der Waals surface area contributed by atoms with Crippen molar-refractivity contribution in [1.82, 2.24) is 4.90 Å². The van der Waals surface area contributed by atoms with Gasteiger partial charge in [0.15, 0.2) is 11.6 Å². The Hall–Kier alpha value is -1.68. The lowest BCUT2D eigenvalue weighted by Gasteiger charge is -2.25. The van der Waals surface area contributed by atoms with E-state index >= 15 is 0 Å². The number of carbonyl (C=O) groups is 2. The lowest BCUT2D eigenvalue weighted by atomic mass is 9.99. The Bertz CT molecular complexity index is 523. The molecule has 2 bridgehead atoms. The fourth-order valence-electron chi connectivity index (χ4n) is 3.30. The molecular weight excluding hydrogens is 254 g/mol. The molecule has 0 aromatic heterocycles. The molecule has 3 rings (SSSR count). The quantitative estimate of drug-likeness (QED) is 0.790. The van der Waals surface area contributed by atoms with Crippen molar-refractivity contribution in [2.75, 3.05) is 7.11 Å². The van der Waals surface area contributed by atoms with Crippen LogP contribution < -0.4 is 4.74 Å². The number of methoxy groups -OCH3 is 1. The number of hydrogen-bond acceptors (Lipinski definition) is 4. The normalized spacial score (nSPS) is 26.6. The van der Waals surface area contributed by atoms with Crippen molar-refractivity contribution in [3.8, 4) is 5.75 Å². The molecule has 0 unspecified atom stereocenters. The van der Waals surface area contributed by atoms with Crippen LogP contribution in [-0.2, 0) is 16.1 Å². The first-order valence-electron chi connectivity index (χ1n) is 7.13. The summed E-state index contributed by atoms with van der Waals surface area (Å²) in [5.41, 5.74) is 1.12. The predicted octanol–water partition coefficient (Wildman–Crippen LogP) is 1.96. The highest BCUT2D eigenvalue weighted by Crippen LogP contribution is 2.31. The molecule has 0 radical (unpaired) electrons. The zero-order valence-electron chi connectivity index (χ0n) is 11.7. The van der Waals surface area contributed by atoms with E-state index in [1.54, 1.807) is 7.11 Å². The first-order chi connectivity index (χ1) is 9.69. The van der Waals surface area contributed by atoms with Crippen molar-refractivity contribution in [3.63, 3.8) is 0 Å². The first-order valence-corrected chi connectivity index (χ1v) is 7.13. The molecular formula is C16H19NO3. The van der Waals surface area contributed by atoms with E-state index in [4.69, 9.17) is 4.74 Å². The molecule has 106 valence electrons. The minimum Gasteiger partial charge on any atom is -0.497 e. The SMILES string of the molecule is COc1ccc(CN2[C@@H]3CCCC(=O)[C@H]2C(=O)C3)cc1. The molecule has 2 saturated heterocycles. The number of carbonyl (C=O) groups excluding carboxylic acids is 2. The van der Waals surface area contributed by atoms with Crippen LogP contribution in [0, 0.1) is 0 Å². The number of ketones is 2. The van der Waals surface area contributed by atoms with Crippen LogP contribution >= 0.6 is 0 Å². The maximum atomic E-state index is 12.1. The average Bonchev–Trinajstić information content (AvgIpc) is 2.66. The van der Waals surface area contributed by atoms with Crippen molar-refractivity contribution < 1.29 is 14.3 Å². The van der Waals surface area contributed by atoms with Crippen LogP contribution in [0.3, 0.4) is 0 Å². The molecule has 4 heteroatoms. The van der Waals surface area contributed by atoms with Crippen LogP contribution in [-0.4, -0.2) is 35.7 Å². The van der Waals surface area contributed by atoms with Gasteiger partial charge in [-0.05, 0) is 30.5 Å². The van der Waals surface area contributed by atoms with E-state index in [1.807, 2.05) is 24.3 Å². The summed E-state index contributed by atoms with van der Waals surface area (Å²) < 4.78 is 5.15. The van der Waals surface area contributed by atoms with Gasteiger partial charge in [-0.25, -0.2) is 0 Å². The third kappa shape index (κ3) is 2.36. The third-order valence-corrected chi connectivity index (χ3v) is 4.33. The number of fused-ring (bicyclic) bond motifs is 2. The Morgan fingerprint density at radius 3 is 2.65 bits per heavy atom. The molecule has 1 aromatic rings. The molecule has 0 spiro atoms. The van der Waals surface area contributed by atoms with E-state index in [0.29, 0.717) is 19.4 Å². The standard InChI is InChI=1S/C16H19NO3/c1-20-13-7-5-11(6-8-13)10-17-12-3-2-4-14(18)16(17)15(19)9-12/h5-8,12,16H,2-4,9-10H2,1H3/t12-,16+/m1/s1. The van der Waals surface area contributed by atoms with Gasteiger partial charge in [-0.2, -0.15) is 0 Å². The van der Waals surface area contributed by atoms with Crippen LogP contribution in [0.25, 0.3) is 0 Å². The minimum absolute atomic E-state index is 0.100. The maximum absolute atomic E-state index is 12.1. The second-order valence-electron chi connectivity index (χ2n) is 5.61. The van der Waals surface area contributed by atoms with Crippen LogP contribution in [0.4, 0.5) is 0 Å². The summed E-state index contributed by atoms with van der Waals surface area (Å²) in [6, 6.07) is 7.57. The fourth-order valence-corrected chi connectivity index (χ4v) is 3.30. The monoisotopic (exact) mass is 273 g/mol. The van der Waals surface area contributed by atoms with Gasteiger partial charge in [0.1, 0.15) is 11.8 Å². The lowest BCUT2D eigenvalue weighted by molar-refractivity contribution is -0.130. The minimum atomic E-state index is -0.496. The largest absolute Gasteiger partial charge is 0.497 e. The molecule has 2 atom stereocenters. The highest BCUT2D eigenvalue weighted by atomic mass is 16.5. The summed E-state index contributed by atoms with van der Waals surface area (Å²) in [6.45, 7) is 0.663. The van der Waals surface area contributed by atoms with Gasteiger partial charge < -0.3 is 4.74 Å². The third-order valence-electron chi connectivity index (χ3n) is 4.33. The lowest BCUT2D eigenvalue weighted by Crippen LogP contribution is -2.40. The van der Waals surface area contributed by atoms with Crippen molar-refractivity contribution in [1.29, 1.82) is 0 Å². The Morgan fingerprint density at radius 2 is 1.95 bits per heavy atom. The summed E-state index contributed by atoms with van der Waals surface area (Å²) in [5, 5.41) is 0. The molecule has 20 heavy (non-hydrogen) atoms. The fraction of sp³-hybridized carbons (Fsp3) is 0.500. The van der Waals surface area contributed by atoms with Crippen LogP contribution in [0.5, 0.6) is 5.75 Å². The van der Waals surface area contributed by atoms with Gasteiger partial charge >= 0.3 is 0 Å². The van der Waals surface area contributed by atoms with Crippen LogP contribution in [0.2, 0.25) is 0 Å². The second-order valence-corrected chi connectivity index (χ2v) is 5.61. The van der Waals surface area contributed by atoms with Crippen molar-refractivity contribution in [3.05, 3.63) is 29.8 Å². The van der Waals surface area contributed by atoms with E-state index in [0.717, 1.165) is 24.2 Å². The number of nitrogens with zero attached hydrogens (tertiary/aromatic N) is 1. The summed E-state index contributed by atoms with van der Waals surface area (Å²) >= 11 is 0. The van der Waals surface area contributed by atoms with Crippen molar-refractivity contribution >= 4 is 11.6 Å². The molecule has 2 heterocycles. The Kier molecular flexibility index (Phi) is 3.57. The molecule has 0 N–H and O–H groups in total. The van der Waals surface area contributed by atoms with Gasteiger partial charge in [-0.1, -0.05) is 12.1 Å². The van der Waals surface area contributed by atoms with Gasteiger partial charge in [-0.3, -0.25) is 14.5 Å². The van der Waals surface area contributed by atoms with Crippen molar-refractivity contribution in [2.24, 2.45) is 0 Å². The maximum Gasteiger partial charge on any atom is 0.159 e. The first kappa shape index (κ1) is 13.3. The molecule has 2 fully saturated rings. The zero-order chi connectivity index (χ0) is 14.1. The van der Waals surface area contributed by atoms with Gasteiger partial charge in [-0.15, -0.1) is 0 Å². The van der Waals surface area contributed by atoms with Gasteiger partial charge in [0, 0.05) is 25.4 Å². The van der Waals surface area contributed by atoms with Crippen molar-refractivity contribution in [2.45, 2.75) is 44.3 Å². The number of rotatable bonds is 3. The average molecular weight is 273 g/mol. The van der Waals surface area contributed by atoms with E-state index < -0.39 is 6.04 Å². The van der Waals surface area contributed by atoms with E-state index in [9.17, 15) is 9.59 Å². The Balaban J connectivity index is 1.81. The molecule has 0 saturated carbocycles. The number of hydrogen-bond donors (Lipinski definition) is 0. The van der Waals surface area contributed by atoms with Gasteiger partial charge in [0.05, 0.1) is 7.11 Å². The summed E-state index contributed by atoms with van der Waals surface area (Å²) in [4.78, 5) is 26.2. The molecule has 2 aliphatic heterocycles.